The van der Waals surface area contributed by atoms with Gasteiger partial charge in [0.25, 0.3) is 0 Å². The number of aryl methyl sites for hydroxylation is 1. The third-order valence-electron chi connectivity index (χ3n) is 3.55. The number of hydrogen-bond donors (Lipinski definition) is 0. The van der Waals surface area contributed by atoms with Crippen molar-refractivity contribution in [2.75, 3.05) is 0 Å². The molecule has 0 atom stereocenters. The van der Waals surface area contributed by atoms with Gasteiger partial charge in [0.15, 0.2) is 0 Å². The van der Waals surface area contributed by atoms with E-state index in [-0.39, 0.29) is 0 Å². The summed E-state index contributed by atoms with van der Waals surface area (Å²) < 4.78 is 2.37. The first-order valence-electron chi connectivity index (χ1n) is 7.21. The van der Waals surface area contributed by atoms with Gasteiger partial charge < -0.3 is 4.57 Å². The van der Waals surface area contributed by atoms with E-state index in [1.807, 2.05) is 0 Å². The molecule has 0 aliphatic carbocycles. The van der Waals surface area contributed by atoms with Crippen molar-refractivity contribution in [3.63, 3.8) is 0 Å². The Morgan fingerprint density at radius 2 is 1.40 bits per heavy atom. The second kappa shape index (κ2) is 5.79. The van der Waals surface area contributed by atoms with Crippen LogP contribution in [0, 0.1) is 0 Å². The molecular weight excluding hydrogens is 242 g/mol. The van der Waals surface area contributed by atoms with Crippen LogP contribution >= 0.6 is 0 Å². The molecule has 0 spiro atoms. The first-order valence-corrected chi connectivity index (χ1v) is 7.21. The molecule has 20 heavy (non-hydrogen) atoms. The predicted octanol–water partition coefficient (Wildman–Crippen LogP) is 5.10. The highest BCUT2D eigenvalue weighted by Gasteiger charge is 2.10. The smallest absolute Gasteiger partial charge is 0.0531 e. The number of nitrogens with zero attached hydrogens (tertiary/aromatic N) is 1. The maximum atomic E-state index is 2.37. The quantitative estimate of drug-likeness (QED) is 0.616. The molecule has 0 saturated heterocycles. The zero-order chi connectivity index (χ0) is 13.8. The van der Waals surface area contributed by atoms with E-state index in [1.165, 1.54) is 22.6 Å². The van der Waals surface area contributed by atoms with Crippen LogP contribution in [0.25, 0.3) is 16.9 Å². The van der Waals surface area contributed by atoms with E-state index in [0.717, 1.165) is 12.8 Å². The fraction of sp³-hybridized carbons (Fsp3) is 0.158. The summed E-state index contributed by atoms with van der Waals surface area (Å²) in [6.07, 6.45) is 2.26. The summed E-state index contributed by atoms with van der Waals surface area (Å²) in [7, 11) is 0. The summed E-state index contributed by atoms with van der Waals surface area (Å²) in [5, 5.41) is 0. The van der Waals surface area contributed by atoms with Gasteiger partial charge >= 0.3 is 0 Å². The molecule has 0 fully saturated rings. The van der Waals surface area contributed by atoms with E-state index in [1.54, 1.807) is 0 Å². The maximum absolute atomic E-state index is 2.37. The van der Waals surface area contributed by atoms with Crippen LogP contribution in [-0.4, -0.2) is 4.57 Å². The summed E-state index contributed by atoms with van der Waals surface area (Å²) in [5.74, 6) is 0. The minimum absolute atomic E-state index is 1.10. The Balaban J connectivity index is 2.17. The van der Waals surface area contributed by atoms with Gasteiger partial charge in [0.05, 0.1) is 5.69 Å². The van der Waals surface area contributed by atoms with Crippen LogP contribution in [0.5, 0.6) is 0 Å². The van der Waals surface area contributed by atoms with Gasteiger partial charge in [-0.05, 0) is 36.2 Å². The lowest BCUT2D eigenvalue weighted by molar-refractivity contribution is 0.846. The predicted molar refractivity (Wildman–Crippen MR) is 85.2 cm³/mol. The van der Waals surface area contributed by atoms with Crippen molar-refractivity contribution in [3.05, 3.63) is 78.5 Å². The molecule has 2 aromatic carbocycles. The van der Waals surface area contributed by atoms with Gasteiger partial charge in [-0.15, -0.1) is 0 Å². The zero-order valence-corrected chi connectivity index (χ0v) is 11.8. The van der Waals surface area contributed by atoms with E-state index in [9.17, 15) is 0 Å². The van der Waals surface area contributed by atoms with Gasteiger partial charge in [0.1, 0.15) is 0 Å². The third kappa shape index (κ3) is 2.39. The molecule has 0 unspecified atom stereocenters. The van der Waals surface area contributed by atoms with Crippen LogP contribution in [0.15, 0.2) is 72.8 Å². The van der Waals surface area contributed by atoms with Crippen LogP contribution in [0.4, 0.5) is 0 Å². The number of rotatable bonds is 4. The largest absolute Gasteiger partial charge is 0.314 e. The Morgan fingerprint density at radius 1 is 0.750 bits per heavy atom. The Bertz CT molecular complexity index is 666. The van der Waals surface area contributed by atoms with E-state index in [2.05, 4.69) is 84.3 Å². The Hall–Kier alpha value is -2.28. The molecule has 1 heterocycles. The first kappa shape index (κ1) is 12.7. The van der Waals surface area contributed by atoms with Crippen molar-refractivity contribution >= 4 is 0 Å². The van der Waals surface area contributed by atoms with Gasteiger partial charge in [-0.3, -0.25) is 0 Å². The lowest BCUT2D eigenvalue weighted by Crippen LogP contribution is -2.01. The molecule has 0 aliphatic rings. The molecule has 0 aliphatic heterocycles. The molecule has 1 aromatic heterocycles. The van der Waals surface area contributed by atoms with Crippen molar-refractivity contribution in [2.24, 2.45) is 0 Å². The number of para-hydroxylation sites is 1. The van der Waals surface area contributed by atoms with Crippen LogP contribution in [0.2, 0.25) is 0 Å². The topological polar surface area (TPSA) is 4.93 Å². The monoisotopic (exact) mass is 261 g/mol. The number of benzene rings is 2. The van der Waals surface area contributed by atoms with Crippen LogP contribution in [-0.2, 0) is 6.42 Å². The van der Waals surface area contributed by atoms with Gasteiger partial charge in [0, 0.05) is 11.4 Å². The SMILES string of the molecule is CCCc1ccc(-c2ccccc2)n1-c1ccccc1. The van der Waals surface area contributed by atoms with Crippen molar-refractivity contribution in [1.29, 1.82) is 0 Å². The van der Waals surface area contributed by atoms with E-state index in [0.29, 0.717) is 0 Å². The standard InChI is InChI=1S/C19H19N/c1-2-9-17-14-15-19(16-10-5-3-6-11-16)20(17)18-12-7-4-8-13-18/h3-8,10-15H,2,9H2,1H3. The van der Waals surface area contributed by atoms with Crippen molar-refractivity contribution in [2.45, 2.75) is 19.8 Å². The van der Waals surface area contributed by atoms with Gasteiger partial charge in [-0.2, -0.15) is 0 Å². The van der Waals surface area contributed by atoms with Crippen molar-refractivity contribution in [3.8, 4) is 16.9 Å². The van der Waals surface area contributed by atoms with Gasteiger partial charge in [-0.1, -0.05) is 61.9 Å². The number of aromatic nitrogens is 1. The minimum atomic E-state index is 1.10. The summed E-state index contributed by atoms with van der Waals surface area (Å²) in [5.41, 5.74) is 5.14. The molecule has 1 heteroatoms. The highest BCUT2D eigenvalue weighted by atomic mass is 15.0. The van der Waals surface area contributed by atoms with Crippen LogP contribution in [0.1, 0.15) is 19.0 Å². The molecule has 3 aromatic rings. The van der Waals surface area contributed by atoms with Crippen molar-refractivity contribution < 1.29 is 0 Å². The summed E-state index contributed by atoms with van der Waals surface area (Å²) in [4.78, 5) is 0. The Labute approximate surface area is 120 Å². The highest BCUT2D eigenvalue weighted by molar-refractivity contribution is 5.64. The fourth-order valence-corrected chi connectivity index (χ4v) is 2.65. The first-order chi connectivity index (χ1) is 9.90. The van der Waals surface area contributed by atoms with Crippen LogP contribution in [0.3, 0.4) is 0 Å². The molecule has 0 N–H and O–H groups in total. The number of hydrogen-bond acceptors (Lipinski definition) is 0. The summed E-state index contributed by atoms with van der Waals surface area (Å²) >= 11 is 0. The molecular formula is C19H19N. The summed E-state index contributed by atoms with van der Waals surface area (Å²) in [6.45, 7) is 2.23. The molecule has 100 valence electrons. The summed E-state index contributed by atoms with van der Waals surface area (Å²) in [6, 6.07) is 25.7. The molecule has 0 bridgehead atoms. The van der Waals surface area contributed by atoms with E-state index < -0.39 is 0 Å². The maximum Gasteiger partial charge on any atom is 0.0531 e. The molecule has 0 radical (unpaired) electrons. The molecule has 3 rings (SSSR count). The third-order valence-corrected chi connectivity index (χ3v) is 3.55. The molecule has 0 saturated carbocycles. The van der Waals surface area contributed by atoms with Gasteiger partial charge in [0.2, 0.25) is 0 Å². The normalized spacial score (nSPS) is 10.7. The van der Waals surface area contributed by atoms with Crippen LogP contribution < -0.4 is 0 Å². The second-order valence-electron chi connectivity index (χ2n) is 5.00. The highest BCUT2D eigenvalue weighted by Crippen LogP contribution is 2.27. The average Bonchev–Trinajstić information content (AvgIpc) is 2.93. The Kier molecular flexibility index (Phi) is 3.69. The van der Waals surface area contributed by atoms with Gasteiger partial charge in [-0.25, -0.2) is 0 Å². The second-order valence-corrected chi connectivity index (χ2v) is 5.00. The lowest BCUT2D eigenvalue weighted by Gasteiger charge is -2.13. The average molecular weight is 261 g/mol. The molecule has 1 nitrogen and oxygen atoms in total. The minimum Gasteiger partial charge on any atom is -0.314 e. The zero-order valence-electron chi connectivity index (χ0n) is 11.8. The van der Waals surface area contributed by atoms with E-state index >= 15 is 0 Å². The van der Waals surface area contributed by atoms with E-state index in [4.69, 9.17) is 0 Å². The fourth-order valence-electron chi connectivity index (χ4n) is 2.65. The molecule has 0 amide bonds. The van der Waals surface area contributed by atoms with Crippen molar-refractivity contribution in [1.82, 2.24) is 4.57 Å². The lowest BCUT2D eigenvalue weighted by atomic mass is 10.1. The Morgan fingerprint density at radius 3 is 2.05 bits per heavy atom.